The van der Waals surface area contributed by atoms with Gasteiger partial charge in [-0.05, 0) is 19.1 Å². The molecular formula is C14H16N4O2. The van der Waals surface area contributed by atoms with E-state index >= 15 is 0 Å². The average Bonchev–Trinajstić information content (AvgIpc) is 2.51. The fourth-order valence-electron chi connectivity index (χ4n) is 1.92. The van der Waals surface area contributed by atoms with E-state index in [1.165, 1.54) is 4.90 Å². The summed E-state index contributed by atoms with van der Waals surface area (Å²) in [5.41, 5.74) is 6.66. The standard InChI is InChI=1S/C14H16N4O2/c1-9(13(15)17-20)18(2)14(19)11-7-3-5-10-6-4-8-16-12(10)11/h3-9,20H,1-2H3,(H2,15,17). The van der Waals surface area contributed by atoms with Gasteiger partial charge in [-0.25, -0.2) is 0 Å². The number of fused-ring (bicyclic) bond motifs is 1. The average molecular weight is 272 g/mol. The third kappa shape index (κ3) is 2.40. The number of carbonyl (C=O) groups excluding carboxylic acids is 1. The number of benzene rings is 1. The van der Waals surface area contributed by atoms with Gasteiger partial charge in [-0.15, -0.1) is 0 Å². The number of amides is 1. The van der Waals surface area contributed by atoms with Gasteiger partial charge in [0.05, 0.1) is 17.1 Å². The molecule has 1 unspecified atom stereocenters. The van der Waals surface area contributed by atoms with Gasteiger partial charge in [0, 0.05) is 18.6 Å². The number of amidine groups is 1. The van der Waals surface area contributed by atoms with Gasteiger partial charge in [0.1, 0.15) is 0 Å². The number of hydrogen-bond acceptors (Lipinski definition) is 4. The number of aromatic nitrogens is 1. The SMILES string of the molecule is CC(C(N)=NO)N(C)C(=O)c1cccc2cccnc12. The van der Waals surface area contributed by atoms with Crippen molar-refractivity contribution in [2.75, 3.05) is 7.05 Å². The molecule has 0 saturated heterocycles. The second-order valence-electron chi connectivity index (χ2n) is 4.50. The largest absolute Gasteiger partial charge is 0.409 e. The van der Waals surface area contributed by atoms with Crippen molar-refractivity contribution in [2.24, 2.45) is 10.9 Å². The summed E-state index contributed by atoms with van der Waals surface area (Å²) < 4.78 is 0. The highest BCUT2D eigenvalue weighted by molar-refractivity contribution is 6.06. The minimum Gasteiger partial charge on any atom is -0.409 e. The van der Waals surface area contributed by atoms with Crippen LogP contribution in [-0.4, -0.2) is 39.9 Å². The normalized spacial score (nSPS) is 13.2. The molecule has 0 spiro atoms. The Morgan fingerprint density at radius 2 is 2.10 bits per heavy atom. The lowest BCUT2D eigenvalue weighted by molar-refractivity contribution is 0.0778. The van der Waals surface area contributed by atoms with Crippen molar-refractivity contribution >= 4 is 22.6 Å². The second kappa shape index (κ2) is 5.56. The Morgan fingerprint density at radius 1 is 1.40 bits per heavy atom. The molecule has 20 heavy (non-hydrogen) atoms. The van der Waals surface area contributed by atoms with Crippen LogP contribution in [0.5, 0.6) is 0 Å². The molecule has 6 nitrogen and oxygen atoms in total. The Balaban J connectivity index is 2.41. The molecule has 0 aliphatic heterocycles. The zero-order chi connectivity index (χ0) is 14.7. The van der Waals surface area contributed by atoms with Crippen molar-refractivity contribution < 1.29 is 10.0 Å². The molecule has 3 N–H and O–H groups in total. The number of rotatable bonds is 3. The van der Waals surface area contributed by atoms with Gasteiger partial charge >= 0.3 is 0 Å². The highest BCUT2D eigenvalue weighted by atomic mass is 16.4. The van der Waals surface area contributed by atoms with Crippen LogP contribution < -0.4 is 5.73 Å². The summed E-state index contributed by atoms with van der Waals surface area (Å²) in [5.74, 6) is -0.248. The van der Waals surface area contributed by atoms with Crippen LogP contribution in [-0.2, 0) is 0 Å². The van der Waals surface area contributed by atoms with Crippen LogP contribution in [0, 0.1) is 0 Å². The minimum atomic E-state index is -0.508. The van der Waals surface area contributed by atoms with Crippen molar-refractivity contribution in [3.8, 4) is 0 Å². The molecule has 104 valence electrons. The first kappa shape index (κ1) is 13.8. The van der Waals surface area contributed by atoms with E-state index < -0.39 is 6.04 Å². The minimum absolute atomic E-state index is 0.0194. The van der Waals surface area contributed by atoms with E-state index in [1.807, 2.05) is 18.2 Å². The molecule has 1 amide bonds. The van der Waals surface area contributed by atoms with E-state index in [4.69, 9.17) is 10.9 Å². The molecule has 0 saturated carbocycles. The van der Waals surface area contributed by atoms with Crippen molar-refractivity contribution in [1.82, 2.24) is 9.88 Å². The molecule has 0 bridgehead atoms. The zero-order valence-electron chi connectivity index (χ0n) is 11.3. The zero-order valence-corrected chi connectivity index (χ0v) is 11.3. The van der Waals surface area contributed by atoms with Crippen LogP contribution in [0.1, 0.15) is 17.3 Å². The third-order valence-electron chi connectivity index (χ3n) is 3.31. The number of nitrogens with two attached hydrogens (primary N) is 1. The van der Waals surface area contributed by atoms with Gasteiger partial charge in [0.2, 0.25) is 0 Å². The molecule has 1 aromatic heterocycles. The van der Waals surface area contributed by atoms with E-state index in [9.17, 15) is 4.79 Å². The molecule has 6 heteroatoms. The van der Waals surface area contributed by atoms with E-state index in [0.29, 0.717) is 11.1 Å². The molecule has 2 rings (SSSR count). The van der Waals surface area contributed by atoms with Crippen molar-refractivity contribution in [3.05, 3.63) is 42.1 Å². The number of hydrogen-bond donors (Lipinski definition) is 2. The second-order valence-corrected chi connectivity index (χ2v) is 4.50. The number of nitrogens with zero attached hydrogens (tertiary/aromatic N) is 3. The van der Waals surface area contributed by atoms with Crippen molar-refractivity contribution in [1.29, 1.82) is 0 Å². The van der Waals surface area contributed by atoms with Gasteiger partial charge in [-0.3, -0.25) is 9.78 Å². The number of carbonyl (C=O) groups is 1. The van der Waals surface area contributed by atoms with Crippen LogP contribution in [0.2, 0.25) is 0 Å². The predicted molar refractivity (Wildman–Crippen MR) is 76.7 cm³/mol. The Morgan fingerprint density at radius 3 is 2.80 bits per heavy atom. The molecular weight excluding hydrogens is 256 g/mol. The molecule has 1 aromatic carbocycles. The van der Waals surface area contributed by atoms with Gasteiger partial charge in [0.15, 0.2) is 5.84 Å². The molecule has 1 heterocycles. The van der Waals surface area contributed by atoms with E-state index in [0.717, 1.165) is 5.39 Å². The first-order valence-electron chi connectivity index (χ1n) is 6.14. The fourth-order valence-corrected chi connectivity index (χ4v) is 1.92. The number of likely N-dealkylation sites (N-methyl/N-ethyl adjacent to an activating group) is 1. The van der Waals surface area contributed by atoms with Gasteiger partial charge in [0.25, 0.3) is 5.91 Å². The number of oxime groups is 1. The topological polar surface area (TPSA) is 91.8 Å². The lowest BCUT2D eigenvalue weighted by Gasteiger charge is -2.24. The Kier molecular flexibility index (Phi) is 3.84. The van der Waals surface area contributed by atoms with Crippen LogP contribution in [0.15, 0.2) is 41.7 Å². The summed E-state index contributed by atoms with van der Waals surface area (Å²) >= 11 is 0. The lowest BCUT2D eigenvalue weighted by Crippen LogP contribution is -2.43. The van der Waals surface area contributed by atoms with Crippen LogP contribution in [0.25, 0.3) is 10.9 Å². The summed E-state index contributed by atoms with van der Waals surface area (Å²) in [6, 6.07) is 8.62. The first-order valence-corrected chi connectivity index (χ1v) is 6.14. The molecule has 0 radical (unpaired) electrons. The maximum absolute atomic E-state index is 12.5. The number of para-hydroxylation sites is 1. The molecule has 1 atom stereocenters. The maximum Gasteiger partial charge on any atom is 0.256 e. The van der Waals surface area contributed by atoms with Crippen LogP contribution >= 0.6 is 0 Å². The summed E-state index contributed by atoms with van der Waals surface area (Å²) in [6.45, 7) is 1.69. The van der Waals surface area contributed by atoms with E-state index in [2.05, 4.69) is 10.1 Å². The quantitative estimate of drug-likeness (QED) is 0.383. The monoisotopic (exact) mass is 272 g/mol. The summed E-state index contributed by atoms with van der Waals surface area (Å²) in [5, 5.41) is 12.5. The summed E-state index contributed by atoms with van der Waals surface area (Å²) in [7, 11) is 1.60. The molecule has 2 aromatic rings. The molecule has 0 fully saturated rings. The highest BCUT2D eigenvalue weighted by Crippen LogP contribution is 2.18. The van der Waals surface area contributed by atoms with E-state index in [1.54, 1.807) is 32.3 Å². The fraction of sp³-hybridized carbons (Fsp3) is 0.214. The predicted octanol–water partition coefficient (Wildman–Crippen LogP) is 1.44. The molecule has 0 aliphatic rings. The van der Waals surface area contributed by atoms with Crippen LogP contribution in [0.4, 0.5) is 0 Å². The van der Waals surface area contributed by atoms with Gasteiger partial charge in [-0.1, -0.05) is 23.4 Å². The lowest BCUT2D eigenvalue weighted by atomic mass is 10.1. The summed E-state index contributed by atoms with van der Waals surface area (Å²) in [4.78, 5) is 18.2. The maximum atomic E-state index is 12.5. The van der Waals surface area contributed by atoms with Crippen molar-refractivity contribution in [3.63, 3.8) is 0 Å². The van der Waals surface area contributed by atoms with Crippen molar-refractivity contribution in [2.45, 2.75) is 13.0 Å². The smallest absolute Gasteiger partial charge is 0.256 e. The van der Waals surface area contributed by atoms with Crippen LogP contribution in [0.3, 0.4) is 0 Å². The first-order chi connectivity index (χ1) is 9.56. The van der Waals surface area contributed by atoms with Gasteiger partial charge < -0.3 is 15.8 Å². The van der Waals surface area contributed by atoms with Gasteiger partial charge in [-0.2, -0.15) is 0 Å². The Hall–Kier alpha value is -2.63. The number of pyridine rings is 1. The Bertz CT molecular complexity index is 664. The Labute approximate surface area is 116 Å². The molecule has 0 aliphatic carbocycles. The third-order valence-corrected chi connectivity index (χ3v) is 3.31. The highest BCUT2D eigenvalue weighted by Gasteiger charge is 2.22. The summed E-state index contributed by atoms with van der Waals surface area (Å²) in [6.07, 6.45) is 1.64. The van der Waals surface area contributed by atoms with E-state index in [-0.39, 0.29) is 11.7 Å².